The number of hydrogen-bond acceptors (Lipinski definition) is 4. The molecule has 3 rings (SSSR count). The first-order valence-corrected chi connectivity index (χ1v) is 8.28. The summed E-state index contributed by atoms with van der Waals surface area (Å²) in [5.74, 6) is 1.09. The Bertz CT molecular complexity index is 674. The molecule has 1 aliphatic heterocycles. The second-order valence-electron chi connectivity index (χ2n) is 5.26. The van der Waals surface area contributed by atoms with Gasteiger partial charge in [-0.2, -0.15) is 11.8 Å². The average Bonchev–Trinajstić information content (AvgIpc) is 2.80. The Morgan fingerprint density at radius 2 is 2.23 bits per heavy atom. The Morgan fingerprint density at radius 1 is 1.41 bits per heavy atom. The van der Waals surface area contributed by atoms with Crippen molar-refractivity contribution in [1.29, 1.82) is 0 Å². The summed E-state index contributed by atoms with van der Waals surface area (Å²) in [5, 5.41) is 3.74. The minimum absolute atomic E-state index is 0.0615. The number of nitrogens with zero attached hydrogens (tertiary/aromatic N) is 2. The summed E-state index contributed by atoms with van der Waals surface area (Å²) in [7, 11) is 0. The monoisotopic (exact) mass is 320 g/mol. The zero-order valence-corrected chi connectivity index (χ0v) is 13.1. The fourth-order valence-electron chi connectivity index (χ4n) is 2.63. The average molecular weight is 320 g/mol. The summed E-state index contributed by atoms with van der Waals surface area (Å²) in [6.07, 6.45) is 2.20. The second-order valence-corrected chi connectivity index (χ2v) is 6.57. The molecule has 2 heterocycles. The van der Waals surface area contributed by atoms with Gasteiger partial charge in [0.1, 0.15) is 17.1 Å². The van der Waals surface area contributed by atoms with Gasteiger partial charge in [-0.25, -0.2) is 4.39 Å². The van der Waals surface area contributed by atoms with Crippen molar-refractivity contribution in [3.05, 3.63) is 53.2 Å². The van der Waals surface area contributed by atoms with Crippen LogP contribution in [0.5, 0.6) is 0 Å². The van der Waals surface area contributed by atoms with E-state index in [4.69, 9.17) is 4.52 Å². The van der Waals surface area contributed by atoms with E-state index in [1.807, 2.05) is 12.1 Å². The van der Waals surface area contributed by atoms with Gasteiger partial charge in [-0.15, -0.1) is 0 Å². The van der Waals surface area contributed by atoms with Gasteiger partial charge >= 0.3 is 0 Å². The normalized spacial score (nSPS) is 19.0. The first kappa shape index (κ1) is 15.1. The summed E-state index contributed by atoms with van der Waals surface area (Å²) < 4.78 is 18.9. The van der Waals surface area contributed by atoms with Crippen LogP contribution in [0.25, 0.3) is 0 Å². The van der Waals surface area contributed by atoms with Gasteiger partial charge in [0, 0.05) is 29.7 Å². The fourth-order valence-corrected chi connectivity index (χ4v) is 3.89. The Labute approximate surface area is 132 Å². The molecule has 1 unspecified atom stereocenters. The number of halogens is 1. The van der Waals surface area contributed by atoms with Crippen LogP contribution in [0.1, 0.15) is 33.4 Å². The van der Waals surface area contributed by atoms with Gasteiger partial charge in [-0.3, -0.25) is 4.79 Å². The van der Waals surface area contributed by atoms with Crippen LogP contribution in [0.3, 0.4) is 0 Å². The number of amides is 1. The van der Waals surface area contributed by atoms with Gasteiger partial charge < -0.3 is 9.42 Å². The Kier molecular flexibility index (Phi) is 4.47. The molecule has 0 saturated carbocycles. The van der Waals surface area contributed by atoms with E-state index in [-0.39, 0.29) is 17.0 Å². The highest BCUT2D eigenvalue weighted by Gasteiger charge is 2.26. The Morgan fingerprint density at radius 3 is 2.95 bits per heavy atom. The summed E-state index contributed by atoms with van der Waals surface area (Å²) in [5.41, 5.74) is 1.23. The van der Waals surface area contributed by atoms with Crippen molar-refractivity contribution in [2.45, 2.75) is 18.6 Å². The highest BCUT2D eigenvalue weighted by atomic mass is 32.2. The molecule has 6 heteroatoms. The minimum atomic E-state index is -0.172. The van der Waals surface area contributed by atoms with Crippen LogP contribution in [-0.2, 0) is 0 Å². The van der Waals surface area contributed by atoms with Gasteiger partial charge in [-0.05, 0) is 19.4 Å². The topological polar surface area (TPSA) is 46.3 Å². The van der Waals surface area contributed by atoms with Crippen LogP contribution in [0.15, 0.2) is 35.0 Å². The van der Waals surface area contributed by atoms with Gasteiger partial charge in [0.2, 0.25) is 0 Å². The van der Waals surface area contributed by atoms with Gasteiger partial charge in [-0.1, -0.05) is 23.4 Å². The molecule has 0 aliphatic carbocycles. The number of carbonyl (C=O) groups is 1. The van der Waals surface area contributed by atoms with Gasteiger partial charge in [0.05, 0.1) is 6.20 Å². The molecule has 1 saturated heterocycles. The molecule has 0 spiro atoms. The summed E-state index contributed by atoms with van der Waals surface area (Å²) in [4.78, 5) is 14.3. The molecule has 2 aromatic rings. The van der Waals surface area contributed by atoms with E-state index in [2.05, 4.69) is 5.16 Å². The predicted octanol–water partition coefficient (Wildman–Crippen LogP) is 3.44. The van der Waals surface area contributed by atoms with E-state index < -0.39 is 0 Å². The predicted molar refractivity (Wildman–Crippen MR) is 83.4 cm³/mol. The molecule has 22 heavy (non-hydrogen) atoms. The lowest BCUT2D eigenvalue weighted by molar-refractivity contribution is 0.0765. The largest absolute Gasteiger partial charge is 0.361 e. The van der Waals surface area contributed by atoms with Crippen LogP contribution >= 0.6 is 11.8 Å². The molecule has 0 N–H and O–H groups in total. The highest BCUT2D eigenvalue weighted by molar-refractivity contribution is 7.99. The van der Waals surface area contributed by atoms with Crippen molar-refractivity contribution in [1.82, 2.24) is 10.1 Å². The first-order chi connectivity index (χ1) is 10.7. The zero-order chi connectivity index (χ0) is 15.5. The van der Waals surface area contributed by atoms with Crippen LogP contribution in [0, 0.1) is 12.7 Å². The minimum Gasteiger partial charge on any atom is -0.361 e. The molecule has 1 aromatic carbocycles. The third-order valence-electron chi connectivity index (χ3n) is 3.86. The molecule has 0 bridgehead atoms. The lowest BCUT2D eigenvalue weighted by Gasteiger charge is -2.19. The molecular weight excluding hydrogens is 303 g/mol. The highest BCUT2D eigenvalue weighted by Crippen LogP contribution is 2.35. The van der Waals surface area contributed by atoms with E-state index in [9.17, 15) is 9.18 Å². The van der Waals surface area contributed by atoms with Crippen molar-refractivity contribution < 1.29 is 13.7 Å². The quantitative estimate of drug-likeness (QED) is 0.850. The molecule has 1 atom stereocenters. The zero-order valence-electron chi connectivity index (χ0n) is 12.3. The van der Waals surface area contributed by atoms with Gasteiger partial charge in [0.15, 0.2) is 0 Å². The molecule has 4 nitrogen and oxygen atoms in total. The van der Waals surface area contributed by atoms with Crippen LogP contribution in [0.4, 0.5) is 4.39 Å². The molecule has 1 aliphatic rings. The maximum atomic E-state index is 13.9. The van der Waals surface area contributed by atoms with Crippen LogP contribution in [-0.4, -0.2) is 34.8 Å². The first-order valence-electron chi connectivity index (χ1n) is 7.23. The van der Waals surface area contributed by atoms with Crippen LogP contribution < -0.4 is 0 Å². The Hall–Kier alpha value is -1.82. The summed E-state index contributed by atoms with van der Waals surface area (Å²) >= 11 is 1.70. The van der Waals surface area contributed by atoms with E-state index >= 15 is 0 Å². The van der Waals surface area contributed by atoms with Crippen molar-refractivity contribution in [3.63, 3.8) is 0 Å². The number of rotatable bonds is 2. The molecule has 1 aromatic heterocycles. The molecule has 0 radical (unpaired) electrons. The smallest absolute Gasteiger partial charge is 0.259 e. The summed E-state index contributed by atoms with van der Waals surface area (Å²) in [6, 6.07) is 6.87. The Balaban J connectivity index is 1.72. The lowest BCUT2D eigenvalue weighted by Crippen LogP contribution is -2.33. The lowest BCUT2D eigenvalue weighted by atomic mass is 10.1. The number of benzene rings is 1. The van der Waals surface area contributed by atoms with E-state index in [0.717, 1.165) is 17.7 Å². The van der Waals surface area contributed by atoms with Crippen LogP contribution in [0.2, 0.25) is 0 Å². The maximum absolute atomic E-state index is 13.9. The third-order valence-corrected chi connectivity index (χ3v) is 5.17. The number of hydrogen-bond donors (Lipinski definition) is 0. The standard InChI is InChI=1S/C16H17FN2O2S/c1-11-13(10-18-21-11)16(20)19-7-6-15(22-9-8-19)12-4-2-3-5-14(12)17/h2-5,10,15H,6-9H2,1H3. The van der Waals surface area contributed by atoms with Crippen molar-refractivity contribution >= 4 is 17.7 Å². The molecular formula is C16H17FN2O2S. The number of thioether (sulfide) groups is 1. The number of aromatic nitrogens is 1. The third kappa shape index (κ3) is 3.02. The number of aryl methyl sites for hydroxylation is 1. The molecule has 116 valence electrons. The number of carbonyl (C=O) groups excluding carboxylic acids is 1. The second kappa shape index (κ2) is 6.52. The fraction of sp³-hybridized carbons (Fsp3) is 0.375. The SMILES string of the molecule is Cc1oncc1C(=O)N1CCSC(c2ccccc2F)CC1. The summed E-state index contributed by atoms with van der Waals surface area (Å²) in [6.45, 7) is 2.99. The van der Waals surface area contributed by atoms with Gasteiger partial charge in [0.25, 0.3) is 5.91 Å². The van der Waals surface area contributed by atoms with Crippen molar-refractivity contribution in [2.75, 3.05) is 18.8 Å². The molecule has 1 amide bonds. The van der Waals surface area contributed by atoms with Crippen molar-refractivity contribution in [2.24, 2.45) is 0 Å². The molecule has 1 fully saturated rings. The van der Waals surface area contributed by atoms with E-state index in [1.54, 1.807) is 29.7 Å². The maximum Gasteiger partial charge on any atom is 0.259 e. The van der Waals surface area contributed by atoms with E-state index in [0.29, 0.717) is 24.4 Å². The van der Waals surface area contributed by atoms with E-state index in [1.165, 1.54) is 12.3 Å². The van der Waals surface area contributed by atoms with Crippen molar-refractivity contribution in [3.8, 4) is 0 Å².